The van der Waals surface area contributed by atoms with Crippen molar-refractivity contribution >= 4 is 17.7 Å². The second kappa shape index (κ2) is 5.20. The van der Waals surface area contributed by atoms with Crippen LogP contribution in [-0.4, -0.2) is 51.2 Å². The highest BCUT2D eigenvalue weighted by Crippen LogP contribution is 2.49. The zero-order valence-corrected chi connectivity index (χ0v) is 13.2. The minimum atomic E-state index is -1.53. The highest BCUT2D eigenvalue weighted by atomic mass is 32.2. The number of likely N-dealkylation sites (tertiary alicyclic amines) is 1. The molecule has 4 rings (SSSR count). The maximum Gasteiger partial charge on any atom is 0.260 e. The Labute approximate surface area is 133 Å². The van der Waals surface area contributed by atoms with Crippen LogP contribution in [0, 0.1) is 0 Å². The molecule has 2 aliphatic heterocycles. The van der Waals surface area contributed by atoms with Crippen LogP contribution in [0.4, 0.5) is 4.39 Å². The molecule has 118 valence electrons. The summed E-state index contributed by atoms with van der Waals surface area (Å²) in [5.74, 6) is 0.645. The molecule has 0 aromatic carbocycles. The van der Waals surface area contributed by atoms with Gasteiger partial charge >= 0.3 is 0 Å². The van der Waals surface area contributed by atoms with E-state index in [0.717, 1.165) is 17.9 Å². The Morgan fingerprint density at radius 3 is 2.95 bits per heavy atom. The molecule has 1 spiro atoms. The van der Waals surface area contributed by atoms with Gasteiger partial charge in [-0.25, -0.2) is 4.39 Å². The van der Waals surface area contributed by atoms with E-state index in [2.05, 4.69) is 4.98 Å². The van der Waals surface area contributed by atoms with Crippen molar-refractivity contribution in [2.75, 3.05) is 18.8 Å². The molecule has 1 atom stereocenters. The zero-order valence-electron chi connectivity index (χ0n) is 12.3. The molecule has 1 saturated carbocycles. The van der Waals surface area contributed by atoms with Crippen LogP contribution in [-0.2, 0) is 16.1 Å². The van der Waals surface area contributed by atoms with Gasteiger partial charge in [0.25, 0.3) is 5.91 Å². The van der Waals surface area contributed by atoms with Gasteiger partial charge < -0.3 is 9.64 Å². The average molecular weight is 322 g/mol. The lowest BCUT2D eigenvalue weighted by molar-refractivity contribution is -0.144. The second-order valence-electron chi connectivity index (χ2n) is 6.58. The van der Waals surface area contributed by atoms with E-state index in [1.165, 1.54) is 0 Å². The summed E-state index contributed by atoms with van der Waals surface area (Å²) in [6, 6.07) is 5.80. The highest BCUT2D eigenvalue weighted by molar-refractivity contribution is 8.01. The van der Waals surface area contributed by atoms with Crippen LogP contribution in [0.3, 0.4) is 0 Å². The van der Waals surface area contributed by atoms with Gasteiger partial charge in [-0.05, 0) is 31.4 Å². The van der Waals surface area contributed by atoms with E-state index in [4.69, 9.17) is 4.74 Å². The van der Waals surface area contributed by atoms with E-state index in [1.54, 1.807) is 11.1 Å². The van der Waals surface area contributed by atoms with Gasteiger partial charge in [-0.3, -0.25) is 9.78 Å². The van der Waals surface area contributed by atoms with Gasteiger partial charge in [0, 0.05) is 25.0 Å². The number of amides is 1. The summed E-state index contributed by atoms with van der Waals surface area (Å²) < 4.78 is 19.8. The van der Waals surface area contributed by atoms with Crippen LogP contribution < -0.4 is 0 Å². The molecule has 0 radical (unpaired) electrons. The third-order valence-electron chi connectivity index (χ3n) is 4.69. The number of ether oxygens (including phenoxy) is 1. The maximum atomic E-state index is 13.8. The largest absolute Gasteiger partial charge is 0.371 e. The topological polar surface area (TPSA) is 42.4 Å². The zero-order chi connectivity index (χ0) is 15.2. The first-order valence-corrected chi connectivity index (χ1v) is 8.71. The van der Waals surface area contributed by atoms with Crippen molar-refractivity contribution in [3.8, 4) is 0 Å². The van der Waals surface area contributed by atoms with Gasteiger partial charge in [0.1, 0.15) is 0 Å². The van der Waals surface area contributed by atoms with Crippen molar-refractivity contribution in [3.05, 3.63) is 30.1 Å². The molecule has 1 amide bonds. The molecule has 22 heavy (non-hydrogen) atoms. The van der Waals surface area contributed by atoms with Crippen LogP contribution in [0.15, 0.2) is 24.4 Å². The maximum absolute atomic E-state index is 13.8. The van der Waals surface area contributed by atoms with Crippen LogP contribution >= 0.6 is 11.8 Å². The summed E-state index contributed by atoms with van der Waals surface area (Å²) in [5, 5.41) is 0. The molecule has 1 aromatic rings. The number of alkyl halides is 1. The van der Waals surface area contributed by atoms with E-state index >= 15 is 0 Å². The lowest BCUT2D eigenvalue weighted by Crippen LogP contribution is -2.62. The predicted octanol–water partition coefficient (Wildman–Crippen LogP) is 2.19. The number of hydrogen-bond acceptors (Lipinski definition) is 4. The molecule has 3 heterocycles. The van der Waals surface area contributed by atoms with Crippen molar-refractivity contribution in [2.45, 2.75) is 42.4 Å². The summed E-state index contributed by atoms with van der Waals surface area (Å²) >= 11 is 1.87. The monoisotopic (exact) mass is 322 g/mol. The number of carbonyl (C=O) groups excluding carboxylic acids is 1. The normalized spacial score (nSPS) is 27.7. The summed E-state index contributed by atoms with van der Waals surface area (Å²) in [4.78, 5) is 17.9. The molecule has 3 fully saturated rings. The number of halogens is 1. The van der Waals surface area contributed by atoms with Gasteiger partial charge in [0.15, 0.2) is 5.67 Å². The molecule has 1 aromatic heterocycles. The van der Waals surface area contributed by atoms with Gasteiger partial charge in [-0.1, -0.05) is 6.07 Å². The van der Waals surface area contributed by atoms with E-state index in [1.807, 2.05) is 30.0 Å². The molecule has 6 heteroatoms. The molecule has 1 aliphatic carbocycles. The number of carbonyl (C=O) groups is 1. The predicted molar refractivity (Wildman–Crippen MR) is 82.3 cm³/mol. The molecular formula is C16H19FN2O2S. The molecule has 0 bridgehead atoms. The lowest BCUT2D eigenvalue weighted by Gasteiger charge is -2.48. The molecule has 0 unspecified atom stereocenters. The summed E-state index contributed by atoms with van der Waals surface area (Å²) in [7, 11) is 0. The van der Waals surface area contributed by atoms with E-state index in [9.17, 15) is 9.18 Å². The van der Waals surface area contributed by atoms with E-state index in [-0.39, 0.29) is 16.8 Å². The Morgan fingerprint density at radius 2 is 2.27 bits per heavy atom. The first kappa shape index (κ1) is 14.5. The number of thioether (sulfide) groups is 1. The van der Waals surface area contributed by atoms with Gasteiger partial charge in [-0.2, -0.15) is 0 Å². The summed E-state index contributed by atoms with van der Waals surface area (Å²) in [6.45, 7) is 1.87. The van der Waals surface area contributed by atoms with Gasteiger partial charge in [0.2, 0.25) is 0 Å². The Bertz CT molecular complexity index is 573. The third-order valence-corrected chi connectivity index (χ3v) is 6.26. The fourth-order valence-corrected chi connectivity index (χ4v) is 4.77. The van der Waals surface area contributed by atoms with Crippen molar-refractivity contribution in [1.82, 2.24) is 9.88 Å². The Balaban J connectivity index is 1.26. The molecule has 0 N–H and O–H groups in total. The molecule has 4 nitrogen and oxygen atoms in total. The number of nitrogens with zero attached hydrogens (tertiary/aromatic N) is 2. The first-order valence-electron chi connectivity index (χ1n) is 7.72. The Kier molecular flexibility index (Phi) is 3.42. The second-order valence-corrected chi connectivity index (χ2v) is 8.07. The van der Waals surface area contributed by atoms with Crippen LogP contribution in [0.5, 0.6) is 0 Å². The molecule has 2 saturated heterocycles. The Hall–Kier alpha value is -1.14. The van der Waals surface area contributed by atoms with E-state index < -0.39 is 5.67 Å². The average Bonchev–Trinajstić information content (AvgIpc) is 3.11. The van der Waals surface area contributed by atoms with Crippen LogP contribution in [0.2, 0.25) is 0 Å². The number of pyridine rings is 1. The number of aromatic nitrogens is 1. The van der Waals surface area contributed by atoms with Crippen LogP contribution in [0.1, 0.15) is 25.0 Å². The van der Waals surface area contributed by atoms with Crippen molar-refractivity contribution in [1.29, 1.82) is 0 Å². The standard InChI is InChI=1S/C16H19FN2O2S/c17-16(4-5-16)14(20)19-10-15(11-19)7-13(9-22-15)21-8-12-3-1-2-6-18-12/h1-3,6,13H,4-5,7-11H2/t13-/m0/s1. The summed E-state index contributed by atoms with van der Waals surface area (Å²) in [5.41, 5.74) is -0.591. The molecular weight excluding hydrogens is 303 g/mol. The number of rotatable bonds is 4. The Morgan fingerprint density at radius 1 is 1.45 bits per heavy atom. The smallest absolute Gasteiger partial charge is 0.260 e. The lowest BCUT2D eigenvalue weighted by atomic mass is 9.92. The fourth-order valence-electron chi connectivity index (χ4n) is 3.22. The number of hydrogen-bond donors (Lipinski definition) is 0. The van der Waals surface area contributed by atoms with Gasteiger partial charge in [0.05, 0.1) is 23.2 Å². The summed E-state index contributed by atoms with van der Waals surface area (Å²) in [6.07, 6.45) is 3.71. The van der Waals surface area contributed by atoms with Crippen LogP contribution in [0.25, 0.3) is 0 Å². The first-order chi connectivity index (χ1) is 10.6. The quantitative estimate of drug-likeness (QED) is 0.852. The minimum absolute atomic E-state index is 0.0929. The minimum Gasteiger partial charge on any atom is -0.371 e. The highest BCUT2D eigenvalue weighted by Gasteiger charge is 2.58. The van der Waals surface area contributed by atoms with Crippen molar-refractivity contribution < 1.29 is 13.9 Å². The van der Waals surface area contributed by atoms with Gasteiger partial charge in [-0.15, -0.1) is 11.8 Å². The van der Waals surface area contributed by atoms with Crippen molar-refractivity contribution in [2.24, 2.45) is 0 Å². The molecule has 3 aliphatic rings. The SMILES string of the molecule is O=C(N1CC2(C[C@H](OCc3ccccn3)CS2)C1)C1(F)CC1. The van der Waals surface area contributed by atoms with Crippen molar-refractivity contribution in [3.63, 3.8) is 0 Å². The van der Waals surface area contributed by atoms with E-state index in [0.29, 0.717) is 32.5 Å². The fraction of sp³-hybridized carbons (Fsp3) is 0.625. The third kappa shape index (κ3) is 2.63.